The van der Waals surface area contributed by atoms with E-state index in [2.05, 4.69) is 5.32 Å². The van der Waals surface area contributed by atoms with Gasteiger partial charge in [-0.25, -0.2) is 4.79 Å². The summed E-state index contributed by atoms with van der Waals surface area (Å²) in [5, 5.41) is 11.6. The summed E-state index contributed by atoms with van der Waals surface area (Å²) in [4.78, 5) is 36.0. The Morgan fingerprint density at radius 1 is 1.11 bits per heavy atom. The van der Waals surface area contributed by atoms with E-state index in [1.807, 2.05) is 0 Å². The highest BCUT2D eigenvalue weighted by Crippen LogP contribution is 2.15. The van der Waals surface area contributed by atoms with E-state index < -0.39 is 22.8 Å². The minimum atomic E-state index is -1.29. The lowest BCUT2D eigenvalue weighted by Crippen LogP contribution is -2.55. The molecule has 0 aliphatic rings. The molecule has 0 saturated heterocycles. The van der Waals surface area contributed by atoms with E-state index in [1.165, 1.54) is 18.7 Å². The Bertz CT molecular complexity index is 369. The quantitative estimate of drug-likeness (QED) is 0.777. The maximum absolute atomic E-state index is 12.0. The smallest absolute Gasteiger partial charge is 0.329 e. The summed E-state index contributed by atoms with van der Waals surface area (Å²) in [6, 6.07) is 0. The largest absolute Gasteiger partial charge is 0.480 e. The molecular formula is C13H24N2O4. The third-order valence-corrected chi connectivity index (χ3v) is 2.90. The van der Waals surface area contributed by atoms with E-state index in [-0.39, 0.29) is 19.0 Å². The number of aliphatic carboxylic acids is 1. The molecule has 0 aliphatic carbocycles. The average Bonchev–Trinajstić information content (AvgIpc) is 2.24. The predicted octanol–water partition coefficient (Wildman–Crippen LogP) is 0.860. The molecule has 0 rings (SSSR count). The van der Waals surface area contributed by atoms with Crippen molar-refractivity contribution in [1.82, 2.24) is 10.2 Å². The highest BCUT2D eigenvalue weighted by molar-refractivity contribution is 5.90. The molecule has 0 heterocycles. The van der Waals surface area contributed by atoms with Gasteiger partial charge in [-0.1, -0.05) is 20.8 Å². The lowest BCUT2D eigenvalue weighted by Gasteiger charge is -2.34. The Labute approximate surface area is 114 Å². The van der Waals surface area contributed by atoms with Crippen molar-refractivity contribution in [3.8, 4) is 0 Å². The molecule has 0 aliphatic heterocycles. The van der Waals surface area contributed by atoms with Crippen LogP contribution in [0.2, 0.25) is 0 Å². The molecular weight excluding hydrogens is 248 g/mol. The van der Waals surface area contributed by atoms with Gasteiger partial charge in [-0.05, 0) is 20.8 Å². The van der Waals surface area contributed by atoms with E-state index in [0.717, 1.165) is 0 Å². The van der Waals surface area contributed by atoms with Gasteiger partial charge in [0.05, 0.1) is 6.54 Å². The van der Waals surface area contributed by atoms with Gasteiger partial charge in [-0.2, -0.15) is 0 Å². The second-order valence-electron chi connectivity index (χ2n) is 5.93. The van der Waals surface area contributed by atoms with Crippen LogP contribution in [0.1, 0.15) is 41.5 Å². The Morgan fingerprint density at radius 2 is 1.58 bits per heavy atom. The summed E-state index contributed by atoms with van der Waals surface area (Å²) in [5.41, 5.74) is -1.88. The number of likely N-dealkylation sites (N-methyl/N-ethyl adjacent to an activating group) is 1. The maximum atomic E-state index is 12.0. The van der Waals surface area contributed by atoms with Gasteiger partial charge < -0.3 is 15.3 Å². The second-order valence-corrected chi connectivity index (χ2v) is 5.93. The molecule has 0 aromatic rings. The molecule has 0 aromatic carbocycles. The van der Waals surface area contributed by atoms with Crippen LogP contribution in [0.5, 0.6) is 0 Å². The first-order valence-electron chi connectivity index (χ1n) is 6.26. The molecule has 2 amide bonds. The van der Waals surface area contributed by atoms with Crippen LogP contribution >= 0.6 is 0 Å². The second kappa shape index (κ2) is 6.04. The number of rotatable bonds is 5. The summed E-state index contributed by atoms with van der Waals surface area (Å²) in [7, 11) is 0. The molecule has 2 N–H and O–H groups in total. The Kier molecular flexibility index (Phi) is 5.53. The molecule has 110 valence electrons. The van der Waals surface area contributed by atoms with Gasteiger partial charge in [0.15, 0.2) is 0 Å². The van der Waals surface area contributed by atoms with Crippen molar-refractivity contribution in [2.24, 2.45) is 5.41 Å². The fraction of sp³-hybridized carbons (Fsp3) is 0.769. The summed E-state index contributed by atoms with van der Waals surface area (Å²) >= 11 is 0. The normalized spacial score (nSPS) is 11.9. The molecule has 0 radical (unpaired) electrons. The number of amides is 2. The summed E-state index contributed by atoms with van der Waals surface area (Å²) in [6.07, 6.45) is 0. The standard InChI is InChI=1S/C13H24N2O4/c1-7-15(13(5,6)11(18)19)9(16)8-14-10(17)12(2,3)4/h7-8H2,1-6H3,(H,14,17)(H,18,19). The Hall–Kier alpha value is -1.59. The van der Waals surface area contributed by atoms with Crippen molar-refractivity contribution in [3.63, 3.8) is 0 Å². The van der Waals surface area contributed by atoms with Crippen LogP contribution in [-0.4, -0.2) is 46.4 Å². The average molecular weight is 272 g/mol. The van der Waals surface area contributed by atoms with Gasteiger partial charge in [-0.3, -0.25) is 9.59 Å². The van der Waals surface area contributed by atoms with Crippen molar-refractivity contribution in [1.29, 1.82) is 0 Å². The van der Waals surface area contributed by atoms with Gasteiger partial charge in [0, 0.05) is 12.0 Å². The zero-order valence-electron chi connectivity index (χ0n) is 12.5. The number of hydrogen-bond donors (Lipinski definition) is 2. The van der Waals surface area contributed by atoms with Crippen LogP contribution in [0.3, 0.4) is 0 Å². The van der Waals surface area contributed by atoms with Gasteiger partial charge in [-0.15, -0.1) is 0 Å². The van der Waals surface area contributed by atoms with E-state index >= 15 is 0 Å². The number of hydrogen-bond acceptors (Lipinski definition) is 3. The number of nitrogens with one attached hydrogen (secondary N) is 1. The van der Waals surface area contributed by atoms with Crippen molar-refractivity contribution in [2.75, 3.05) is 13.1 Å². The number of carboxylic acid groups (broad SMARTS) is 1. The third-order valence-electron chi connectivity index (χ3n) is 2.90. The summed E-state index contributed by atoms with van der Waals surface area (Å²) < 4.78 is 0. The predicted molar refractivity (Wildman–Crippen MR) is 71.6 cm³/mol. The first-order chi connectivity index (χ1) is 8.44. The Morgan fingerprint density at radius 3 is 1.89 bits per heavy atom. The topological polar surface area (TPSA) is 86.7 Å². The molecule has 0 aromatic heterocycles. The van der Waals surface area contributed by atoms with Crippen LogP contribution in [0.25, 0.3) is 0 Å². The molecule has 0 unspecified atom stereocenters. The van der Waals surface area contributed by atoms with Crippen LogP contribution < -0.4 is 5.32 Å². The molecule has 0 bridgehead atoms. The van der Waals surface area contributed by atoms with Crippen molar-refractivity contribution in [2.45, 2.75) is 47.1 Å². The van der Waals surface area contributed by atoms with E-state index in [0.29, 0.717) is 0 Å². The number of carbonyl (C=O) groups is 3. The highest BCUT2D eigenvalue weighted by atomic mass is 16.4. The van der Waals surface area contributed by atoms with Gasteiger partial charge in [0.1, 0.15) is 5.54 Å². The maximum Gasteiger partial charge on any atom is 0.329 e. The zero-order valence-corrected chi connectivity index (χ0v) is 12.5. The van der Waals surface area contributed by atoms with Gasteiger partial charge >= 0.3 is 5.97 Å². The van der Waals surface area contributed by atoms with Gasteiger partial charge in [0.25, 0.3) is 0 Å². The fourth-order valence-corrected chi connectivity index (χ4v) is 1.52. The van der Waals surface area contributed by atoms with Crippen LogP contribution in [0.4, 0.5) is 0 Å². The lowest BCUT2D eigenvalue weighted by atomic mass is 9.96. The summed E-state index contributed by atoms with van der Waals surface area (Å²) in [5.74, 6) is -1.73. The first kappa shape index (κ1) is 17.4. The Balaban J connectivity index is 4.73. The van der Waals surface area contributed by atoms with Crippen LogP contribution in [-0.2, 0) is 14.4 Å². The van der Waals surface area contributed by atoms with Crippen molar-refractivity contribution in [3.05, 3.63) is 0 Å². The van der Waals surface area contributed by atoms with Crippen molar-refractivity contribution >= 4 is 17.8 Å². The van der Waals surface area contributed by atoms with Gasteiger partial charge in [0.2, 0.25) is 11.8 Å². The first-order valence-corrected chi connectivity index (χ1v) is 6.26. The number of carbonyl (C=O) groups excluding carboxylic acids is 2. The fourth-order valence-electron chi connectivity index (χ4n) is 1.52. The molecule has 6 heteroatoms. The minimum absolute atomic E-state index is 0.194. The minimum Gasteiger partial charge on any atom is -0.480 e. The van der Waals surface area contributed by atoms with E-state index in [1.54, 1.807) is 27.7 Å². The van der Waals surface area contributed by atoms with Crippen LogP contribution in [0.15, 0.2) is 0 Å². The van der Waals surface area contributed by atoms with Crippen LogP contribution in [0, 0.1) is 5.41 Å². The van der Waals surface area contributed by atoms with E-state index in [9.17, 15) is 14.4 Å². The molecule has 0 spiro atoms. The molecule has 19 heavy (non-hydrogen) atoms. The molecule has 6 nitrogen and oxygen atoms in total. The van der Waals surface area contributed by atoms with Crippen molar-refractivity contribution < 1.29 is 19.5 Å². The molecule has 0 saturated carbocycles. The summed E-state index contributed by atoms with van der Waals surface area (Å²) in [6.45, 7) is 9.92. The third kappa shape index (κ3) is 4.54. The lowest BCUT2D eigenvalue weighted by molar-refractivity contribution is -0.156. The monoisotopic (exact) mass is 272 g/mol. The van der Waals surface area contributed by atoms with E-state index in [4.69, 9.17) is 5.11 Å². The molecule has 0 atom stereocenters. The number of nitrogens with zero attached hydrogens (tertiary/aromatic N) is 1. The highest BCUT2D eigenvalue weighted by Gasteiger charge is 2.36. The molecule has 0 fully saturated rings. The number of carboxylic acids is 1. The zero-order chi connectivity index (χ0) is 15.4. The SMILES string of the molecule is CCN(C(=O)CNC(=O)C(C)(C)C)C(C)(C)C(=O)O.